The SMILES string of the molecule is C/C=C/c1ccc(C(OC)=C2C3CC4CC(C3)CC2C4)c(Cl)c1OCc1ccc(C2=C(C(=O)O)N3C(=O)[C@H]([C@@H](C)O)[C@H]3[C@H]2C)cc1.C/C=C/c1ccc(C(OC)=C2C3CC4CC(C3)CC2C4)c(Cl)c1OCc1ccc(C2=C(C(=O)OCc3ccc([N+](=O)[O-])cc3)N3C(=O)[C@H]([C@@H](C)O)[C@H]3[C@H]2C)cc1.O=C=O.O=C=O. The Labute approximate surface area is 637 Å². The highest BCUT2D eigenvalue weighted by molar-refractivity contribution is 6.34. The van der Waals surface area contributed by atoms with E-state index in [1.807, 2.05) is 113 Å². The molecule has 566 valence electrons. The zero-order valence-corrected chi connectivity index (χ0v) is 63.1. The first-order valence-electron chi connectivity index (χ1n) is 37.0. The molecule has 0 radical (unpaired) electrons. The second kappa shape index (κ2) is 33.0. The second-order valence-electron chi connectivity index (χ2n) is 30.3. The number of ether oxygens (including phenoxy) is 5. The Morgan fingerprint density at radius 2 is 0.898 bits per heavy atom. The molecule has 5 aromatic carbocycles. The number of fused-ring (bicyclic) bond motifs is 2. The molecule has 0 spiro atoms. The van der Waals surface area contributed by atoms with E-state index in [4.69, 9.17) is 66.1 Å². The van der Waals surface area contributed by atoms with Gasteiger partial charge in [-0.15, -0.1) is 0 Å². The Kier molecular flexibility index (Phi) is 23.8. The number of aliphatic carboxylic acids is 1. The molecule has 21 nitrogen and oxygen atoms in total. The van der Waals surface area contributed by atoms with Gasteiger partial charge in [0.15, 0.2) is 0 Å². The number of aliphatic hydroxyl groups is 2. The summed E-state index contributed by atoms with van der Waals surface area (Å²) in [5.74, 6) is 4.38. The molecule has 2 amide bonds. The Balaban J connectivity index is 0.000000191. The Hall–Kier alpha value is -9.72. The number of nitrogens with zero attached hydrogens (tertiary/aromatic N) is 3. The molecule has 8 saturated carbocycles. The number of carboxylic acids is 1. The molecule has 8 aliphatic carbocycles. The fraction of sp³-hybridized carbons (Fsp3) is 0.435. The summed E-state index contributed by atoms with van der Waals surface area (Å²) in [5, 5.41) is 42.8. The van der Waals surface area contributed by atoms with E-state index in [-0.39, 0.29) is 78.9 Å². The zero-order chi connectivity index (χ0) is 77.3. The average Bonchev–Trinajstić information content (AvgIpc) is 1.56. The van der Waals surface area contributed by atoms with E-state index in [9.17, 15) is 44.6 Å². The van der Waals surface area contributed by atoms with E-state index in [0.717, 1.165) is 79.7 Å². The molecule has 0 aromatic heterocycles. The van der Waals surface area contributed by atoms with Crippen molar-refractivity contribution < 1.29 is 82.3 Å². The van der Waals surface area contributed by atoms with Crippen molar-refractivity contribution >= 4 is 99.8 Å². The molecule has 12 aliphatic rings. The fourth-order valence-corrected chi connectivity index (χ4v) is 20.6. The third-order valence-corrected chi connectivity index (χ3v) is 24.7. The minimum absolute atomic E-state index is 0.00481. The normalized spacial score (nSPS) is 26.8. The summed E-state index contributed by atoms with van der Waals surface area (Å²) >= 11 is 14.4. The van der Waals surface area contributed by atoms with Crippen molar-refractivity contribution in [1.29, 1.82) is 0 Å². The lowest BCUT2D eigenvalue weighted by Gasteiger charge is -2.51. The second-order valence-corrected chi connectivity index (χ2v) is 31.0. The van der Waals surface area contributed by atoms with Crippen molar-refractivity contribution in [3.8, 4) is 11.5 Å². The number of methoxy groups -OCH3 is 2. The quantitative estimate of drug-likeness (QED) is 0.0202. The van der Waals surface area contributed by atoms with Crippen LogP contribution in [-0.4, -0.2) is 105 Å². The van der Waals surface area contributed by atoms with E-state index in [0.29, 0.717) is 61.9 Å². The number of β-lactam (4-membered cyclic amide) rings is 2. The Morgan fingerprint density at radius 1 is 0.556 bits per heavy atom. The number of nitro groups is 1. The maximum Gasteiger partial charge on any atom is 0.373 e. The number of benzene rings is 5. The Morgan fingerprint density at radius 3 is 1.23 bits per heavy atom. The van der Waals surface area contributed by atoms with Crippen molar-refractivity contribution in [3.05, 3.63) is 202 Å². The molecule has 23 heteroatoms. The van der Waals surface area contributed by atoms with Crippen LogP contribution in [0.2, 0.25) is 10.0 Å². The van der Waals surface area contributed by atoms with Gasteiger partial charge in [-0.3, -0.25) is 19.7 Å². The third kappa shape index (κ3) is 14.8. The van der Waals surface area contributed by atoms with Gasteiger partial charge in [-0.05, 0) is 214 Å². The number of hydrogen-bond acceptors (Lipinski definition) is 17. The highest BCUT2D eigenvalue weighted by Gasteiger charge is 2.62. The lowest BCUT2D eigenvalue weighted by Crippen LogP contribution is -2.63. The number of rotatable bonds is 21. The van der Waals surface area contributed by atoms with Gasteiger partial charge >= 0.3 is 24.2 Å². The van der Waals surface area contributed by atoms with Gasteiger partial charge in [-0.1, -0.05) is 122 Å². The molecule has 5 aromatic rings. The van der Waals surface area contributed by atoms with Gasteiger partial charge in [0.2, 0.25) is 11.8 Å². The van der Waals surface area contributed by atoms with Crippen LogP contribution in [-0.2, 0) is 72.4 Å². The molecular formula is C85H89Cl2N3O18. The van der Waals surface area contributed by atoms with Crippen LogP contribution < -0.4 is 9.47 Å². The van der Waals surface area contributed by atoms with Crippen LogP contribution in [0.4, 0.5) is 5.69 Å². The number of allylic oxidation sites excluding steroid dienone is 4. The number of esters is 1. The fourth-order valence-electron chi connectivity index (χ4n) is 20.0. The molecule has 8 atom stereocenters. The first-order valence-corrected chi connectivity index (χ1v) is 37.7. The van der Waals surface area contributed by atoms with Gasteiger partial charge in [0.05, 0.1) is 65.3 Å². The van der Waals surface area contributed by atoms with Crippen LogP contribution in [0.3, 0.4) is 0 Å². The predicted molar refractivity (Wildman–Crippen MR) is 400 cm³/mol. The van der Waals surface area contributed by atoms with Gasteiger partial charge in [0.1, 0.15) is 54.2 Å². The first kappa shape index (κ1) is 77.9. The van der Waals surface area contributed by atoms with Crippen LogP contribution in [0.15, 0.2) is 132 Å². The van der Waals surface area contributed by atoms with Gasteiger partial charge in [0.25, 0.3) is 5.69 Å². The van der Waals surface area contributed by atoms with Gasteiger partial charge in [-0.25, -0.2) is 9.59 Å². The molecule has 17 rings (SSSR count). The van der Waals surface area contributed by atoms with E-state index in [2.05, 4.69) is 12.1 Å². The number of non-ortho nitro benzene ring substituents is 1. The summed E-state index contributed by atoms with van der Waals surface area (Å²) in [4.78, 5) is 98.0. The summed E-state index contributed by atoms with van der Waals surface area (Å²) in [6.45, 7) is 11.3. The molecule has 8 bridgehead atoms. The molecule has 4 heterocycles. The monoisotopic (exact) mass is 1510 g/mol. The molecule has 10 fully saturated rings. The van der Waals surface area contributed by atoms with Gasteiger partial charge < -0.3 is 48.8 Å². The van der Waals surface area contributed by atoms with Crippen molar-refractivity contribution in [3.63, 3.8) is 0 Å². The minimum atomic E-state index is -1.14. The van der Waals surface area contributed by atoms with Crippen LogP contribution in [0, 0.1) is 81.1 Å². The van der Waals surface area contributed by atoms with Crippen LogP contribution >= 0.6 is 23.2 Å². The van der Waals surface area contributed by atoms with Crippen LogP contribution in [0.25, 0.3) is 34.8 Å². The van der Waals surface area contributed by atoms with Crippen molar-refractivity contribution in [2.24, 2.45) is 71.0 Å². The van der Waals surface area contributed by atoms with Crippen LogP contribution in [0.1, 0.15) is 156 Å². The smallest absolute Gasteiger partial charge is 0.373 e. The third-order valence-electron chi connectivity index (χ3n) is 24.0. The number of carboxylic acid groups (broad SMARTS) is 1. The zero-order valence-electron chi connectivity index (χ0n) is 61.5. The molecular weight excluding hydrogens is 1420 g/mol. The standard InChI is InChI=1S/C45H47ClN2O8.C38H42ClNO6.2CO2/c1-5-6-31-13-16-35(43(54-4)38-32-18-28-17-29(20-32)21-33(38)19-28)39(46)42(31)55-22-26-7-11-30(12-8-26)36-24(2)40-37(25(3)49)44(50)47(40)41(36)45(51)56-23-27-9-14-34(15-10-27)48(52)53;1-5-6-25-11-12-28(36(45-4)31-26-14-22-13-23(16-26)17-27(31)15-22)32(39)35(25)46-18-21-7-9-24(10-8-21)29-19(2)33-30(20(3)41)37(42)40(33)34(29)38(43)44;2*2-1-3/h5-16,24-25,28-29,32-33,37,40,49H,17-23H2,1-4H3;5-12,19-20,22-23,26-27,30,33,41H,13-18H2,1-4H3,(H,43,44);;/b6-5+,43-38?;6-5+,36-31?;;/t24-,25+,28?,29?,32?,33?,37+,40+;19-,20+,22?,23?,26?,27?,30+,33+;;/m00../s1. The summed E-state index contributed by atoms with van der Waals surface area (Å²) in [6, 6.07) is 28.5. The average molecular weight is 1510 g/mol. The van der Waals surface area contributed by atoms with E-state index >= 15 is 0 Å². The van der Waals surface area contributed by atoms with E-state index < -0.39 is 46.9 Å². The van der Waals surface area contributed by atoms with Crippen molar-refractivity contribution in [2.75, 3.05) is 14.2 Å². The number of hydrogen-bond donors (Lipinski definition) is 3. The lowest BCUT2D eigenvalue weighted by molar-refractivity contribution is -0.384. The number of carbonyl (C=O) groups is 4. The van der Waals surface area contributed by atoms with Crippen molar-refractivity contribution in [1.82, 2.24) is 9.80 Å². The molecule has 2 saturated heterocycles. The topological polar surface area (TPSA) is 293 Å². The summed E-state index contributed by atoms with van der Waals surface area (Å²) in [5.41, 5.74) is 11.5. The molecule has 108 heavy (non-hydrogen) atoms. The number of aliphatic hydroxyl groups excluding tert-OH is 2. The van der Waals surface area contributed by atoms with Gasteiger partial charge in [0, 0.05) is 46.2 Å². The minimum Gasteiger partial charge on any atom is -0.496 e. The highest BCUT2D eigenvalue weighted by Crippen LogP contribution is 2.61. The predicted octanol–water partition coefficient (Wildman–Crippen LogP) is 15.2. The highest BCUT2D eigenvalue weighted by atomic mass is 35.5. The molecule has 4 aliphatic heterocycles. The number of nitro benzene ring substituents is 1. The first-order chi connectivity index (χ1) is 51.9. The Bertz CT molecular complexity index is 4520. The van der Waals surface area contributed by atoms with Crippen LogP contribution in [0.5, 0.6) is 11.5 Å². The largest absolute Gasteiger partial charge is 0.496 e. The summed E-state index contributed by atoms with van der Waals surface area (Å²) < 4.78 is 31.0. The number of amides is 2. The lowest BCUT2D eigenvalue weighted by atomic mass is 9.54. The number of halogens is 2. The van der Waals surface area contributed by atoms with Crippen molar-refractivity contribution in [2.45, 2.75) is 150 Å². The van der Waals surface area contributed by atoms with Gasteiger partial charge in [-0.2, -0.15) is 19.2 Å². The molecule has 3 N–H and O–H groups in total. The molecule has 0 unspecified atom stereocenters. The summed E-state index contributed by atoms with van der Waals surface area (Å²) in [6.07, 6.45) is 19.4. The summed E-state index contributed by atoms with van der Waals surface area (Å²) in [7, 11) is 3.50. The van der Waals surface area contributed by atoms with E-state index in [1.54, 1.807) is 28.1 Å². The maximum atomic E-state index is 13.8. The maximum absolute atomic E-state index is 13.8. The van der Waals surface area contributed by atoms with E-state index in [1.165, 1.54) is 109 Å². The number of carbonyl (C=O) groups excluding carboxylic acids is 7.